The van der Waals surface area contributed by atoms with Crippen molar-refractivity contribution >= 4 is 5.91 Å². The van der Waals surface area contributed by atoms with Crippen LogP contribution in [0.3, 0.4) is 0 Å². The summed E-state index contributed by atoms with van der Waals surface area (Å²) >= 11 is 0. The van der Waals surface area contributed by atoms with Crippen molar-refractivity contribution in [2.75, 3.05) is 13.7 Å². The first-order chi connectivity index (χ1) is 13.7. The molecule has 1 fully saturated rings. The number of hydrogen-bond donors (Lipinski definition) is 0. The second-order valence-electron chi connectivity index (χ2n) is 7.10. The van der Waals surface area contributed by atoms with Gasteiger partial charge < -0.3 is 9.64 Å². The van der Waals surface area contributed by atoms with Gasteiger partial charge in [0.05, 0.1) is 18.8 Å². The molecule has 2 heterocycles. The Kier molecular flexibility index (Phi) is 5.38. The predicted octanol–water partition coefficient (Wildman–Crippen LogP) is 4.66. The number of ether oxygens (including phenoxy) is 1. The molecule has 4 rings (SSSR count). The number of pyridine rings is 1. The minimum absolute atomic E-state index is 0.0398. The van der Waals surface area contributed by atoms with E-state index in [1.165, 1.54) is 0 Å². The van der Waals surface area contributed by atoms with Gasteiger partial charge in [-0.25, -0.2) is 0 Å². The summed E-state index contributed by atoms with van der Waals surface area (Å²) in [5.41, 5.74) is 3.88. The fourth-order valence-electron chi connectivity index (χ4n) is 3.84. The molecule has 2 aromatic carbocycles. The third-order valence-corrected chi connectivity index (χ3v) is 5.22. The van der Waals surface area contributed by atoms with E-state index in [-0.39, 0.29) is 11.9 Å². The summed E-state index contributed by atoms with van der Waals surface area (Å²) in [5, 5.41) is 0. The summed E-state index contributed by atoms with van der Waals surface area (Å²) in [6, 6.07) is 23.7. The van der Waals surface area contributed by atoms with Crippen LogP contribution in [-0.2, 0) is 6.42 Å². The van der Waals surface area contributed by atoms with Crippen molar-refractivity contribution in [2.45, 2.75) is 25.3 Å². The Bertz CT molecular complexity index is 956. The van der Waals surface area contributed by atoms with Gasteiger partial charge in [0.1, 0.15) is 5.75 Å². The minimum atomic E-state index is 0.0398. The second kappa shape index (κ2) is 8.26. The third kappa shape index (κ3) is 3.91. The van der Waals surface area contributed by atoms with Crippen LogP contribution in [0.15, 0.2) is 72.8 Å². The molecule has 28 heavy (non-hydrogen) atoms. The van der Waals surface area contributed by atoms with E-state index in [9.17, 15) is 4.79 Å². The number of hydrogen-bond acceptors (Lipinski definition) is 3. The largest absolute Gasteiger partial charge is 0.497 e. The molecule has 1 aliphatic heterocycles. The highest BCUT2D eigenvalue weighted by molar-refractivity contribution is 5.94. The fraction of sp³-hybridized carbons (Fsp3) is 0.250. The highest BCUT2D eigenvalue weighted by Gasteiger charge is 2.31. The van der Waals surface area contributed by atoms with E-state index in [1.807, 2.05) is 71.6 Å². The smallest absolute Gasteiger partial charge is 0.254 e. The van der Waals surface area contributed by atoms with Crippen molar-refractivity contribution in [1.82, 2.24) is 9.88 Å². The van der Waals surface area contributed by atoms with Crippen LogP contribution in [0.5, 0.6) is 5.75 Å². The number of rotatable bonds is 5. The van der Waals surface area contributed by atoms with E-state index in [0.717, 1.165) is 54.1 Å². The molecule has 1 unspecified atom stereocenters. The lowest BCUT2D eigenvalue weighted by atomic mass is 10.1. The third-order valence-electron chi connectivity index (χ3n) is 5.22. The van der Waals surface area contributed by atoms with Gasteiger partial charge >= 0.3 is 0 Å². The predicted molar refractivity (Wildman–Crippen MR) is 109 cm³/mol. The molecule has 1 amide bonds. The van der Waals surface area contributed by atoms with Gasteiger partial charge in [0.2, 0.25) is 0 Å². The molecule has 1 atom stereocenters. The first-order valence-corrected chi connectivity index (χ1v) is 9.69. The first-order valence-electron chi connectivity index (χ1n) is 9.69. The molecule has 142 valence electrons. The number of benzene rings is 2. The van der Waals surface area contributed by atoms with Gasteiger partial charge in [-0.3, -0.25) is 9.78 Å². The topological polar surface area (TPSA) is 42.4 Å². The standard InChI is InChI=1S/C24H24N2O2/c1-28-21-12-5-8-18(17-21)16-20-11-6-13-22(25-20)23-14-7-15-26(23)24(27)19-9-3-2-4-10-19/h2-6,8-13,17,23H,7,14-16H2,1H3. The highest BCUT2D eigenvalue weighted by atomic mass is 16.5. The van der Waals surface area contributed by atoms with Gasteiger partial charge in [-0.05, 0) is 54.8 Å². The van der Waals surface area contributed by atoms with Crippen LogP contribution in [0.2, 0.25) is 0 Å². The Morgan fingerprint density at radius 1 is 1.07 bits per heavy atom. The van der Waals surface area contributed by atoms with E-state index in [4.69, 9.17) is 9.72 Å². The maximum atomic E-state index is 13.0. The molecule has 0 N–H and O–H groups in total. The molecular weight excluding hydrogens is 348 g/mol. The van der Waals surface area contributed by atoms with Crippen LogP contribution in [0.4, 0.5) is 0 Å². The van der Waals surface area contributed by atoms with Crippen LogP contribution in [0.1, 0.15) is 46.2 Å². The molecule has 4 heteroatoms. The molecular formula is C24H24N2O2. The molecule has 0 saturated carbocycles. The lowest BCUT2D eigenvalue weighted by Crippen LogP contribution is -2.31. The summed E-state index contributed by atoms with van der Waals surface area (Å²) in [6.07, 6.45) is 2.70. The van der Waals surface area contributed by atoms with Crippen LogP contribution >= 0.6 is 0 Å². The lowest BCUT2D eigenvalue weighted by Gasteiger charge is -2.25. The summed E-state index contributed by atoms with van der Waals surface area (Å²) in [5.74, 6) is 0.937. The Labute approximate surface area is 165 Å². The second-order valence-corrected chi connectivity index (χ2v) is 7.10. The zero-order valence-electron chi connectivity index (χ0n) is 16.0. The van der Waals surface area contributed by atoms with E-state index in [1.54, 1.807) is 7.11 Å². The molecule has 1 aromatic heterocycles. The molecule has 1 saturated heterocycles. The van der Waals surface area contributed by atoms with Crippen molar-refractivity contribution in [3.8, 4) is 5.75 Å². The molecule has 0 radical (unpaired) electrons. The van der Waals surface area contributed by atoms with Crippen molar-refractivity contribution in [3.05, 3.63) is 95.3 Å². The number of aromatic nitrogens is 1. The van der Waals surface area contributed by atoms with Crippen LogP contribution in [-0.4, -0.2) is 29.4 Å². The van der Waals surface area contributed by atoms with Crippen molar-refractivity contribution in [3.63, 3.8) is 0 Å². The van der Waals surface area contributed by atoms with Gasteiger partial charge in [0, 0.05) is 24.2 Å². The Balaban J connectivity index is 1.55. The molecule has 0 bridgehead atoms. The zero-order valence-corrected chi connectivity index (χ0v) is 16.0. The maximum absolute atomic E-state index is 13.0. The molecule has 1 aliphatic rings. The average Bonchev–Trinajstić information content (AvgIpc) is 3.24. The molecule has 4 nitrogen and oxygen atoms in total. The SMILES string of the molecule is COc1cccc(Cc2cccc(C3CCCN3C(=O)c3ccccc3)n2)c1. The average molecular weight is 372 g/mol. The number of carbonyl (C=O) groups excluding carboxylic acids is 1. The fourth-order valence-corrected chi connectivity index (χ4v) is 3.84. The number of nitrogens with zero attached hydrogens (tertiary/aromatic N) is 2. The van der Waals surface area contributed by atoms with E-state index >= 15 is 0 Å². The van der Waals surface area contributed by atoms with Crippen LogP contribution < -0.4 is 4.74 Å². The van der Waals surface area contributed by atoms with Gasteiger partial charge in [-0.15, -0.1) is 0 Å². The minimum Gasteiger partial charge on any atom is -0.497 e. The van der Waals surface area contributed by atoms with Gasteiger partial charge in [-0.1, -0.05) is 36.4 Å². The Hall–Kier alpha value is -3.14. The van der Waals surface area contributed by atoms with Crippen LogP contribution in [0, 0.1) is 0 Å². The summed E-state index contributed by atoms with van der Waals surface area (Å²) in [7, 11) is 1.68. The summed E-state index contributed by atoms with van der Waals surface area (Å²) < 4.78 is 5.32. The van der Waals surface area contributed by atoms with Gasteiger partial charge in [-0.2, -0.15) is 0 Å². The molecule has 0 spiro atoms. The van der Waals surface area contributed by atoms with Gasteiger partial charge in [0.25, 0.3) is 5.91 Å². The number of carbonyl (C=O) groups is 1. The number of amides is 1. The van der Waals surface area contributed by atoms with Crippen molar-refractivity contribution < 1.29 is 9.53 Å². The van der Waals surface area contributed by atoms with E-state index in [0.29, 0.717) is 0 Å². The lowest BCUT2D eigenvalue weighted by molar-refractivity contribution is 0.0733. The number of likely N-dealkylation sites (tertiary alicyclic amines) is 1. The first kappa shape index (κ1) is 18.2. The maximum Gasteiger partial charge on any atom is 0.254 e. The quantitative estimate of drug-likeness (QED) is 0.654. The highest BCUT2D eigenvalue weighted by Crippen LogP contribution is 2.32. The molecule has 0 aliphatic carbocycles. The summed E-state index contributed by atoms with van der Waals surface area (Å²) in [4.78, 5) is 19.8. The normalized spacial score (nSPS) is 16.2. The van der Waals surface area contributed by atoms with Crippen molar-refractivity contribution in [1.29, 1.82) is 0 Å². The van der Waals surface area contributed by atoms with E-state index in [2.05, 4.69) is 6.07 Å². The molecule has 3 aromatic rings. The van der Waals surface area contributed by atoms with Crippen molar-refractivity contribution in [2.24, 2.45) is 0 Å². The summed E-state index contributed by atoms with van der Waals surface area (Å²) in [6.45, 7) is 0.778. The monoisotopic (exact) mass is 372 g/mol. The van der Waals surface area contributed by atoms with E-state index < -0.39 is 0 Å². The van der Waals surface area contributed by atoms with Gasteiger partial charge in [0.15, 0.2) is 0 Å². The zero-order chi connectivity index (χ0) is 19.3. The number of methoxy groups -OCH3 is 1. The van der Waals surface area contributed by atoms with Crippen LogP contribution in [0.25, 0.3) is 0 Å². The Morgan fingerprint density at radius 2 is 1.89 bits per heavy atom. The Morgan fingerprint density at radius 3 is 2.71 bits per heavy atom.